The van der Waals surface area contributed by atoms with Gasteiger partial charge in [-0.2, -0.15) is 5.10 Å². The molecule has 0 unspecified atom stereocenters. The minimum atomic E-state index is -0.630. The molecule has 0 radical (unpaired) electrons. The number of hydrazone groups is 1. The van der Waals surface area contributed by atoms with Gasteiger partial charge in [0.1, 0.15) is 0 Å². The second-order valence-electron chi connectivity index (χ2n) is 5.17. The van der Waals surface area contributed by atoms with Crippen molar-refractivity contribution in [1.29, 1.82) is 0 Å². The van der Waals surface area contributed by atoms with Crippen molar-refractivity contribution in [2.24, 2.45) is 5.10 Å². The summed E-state index contributed by atoms with van der Waals surface area (Å²) in [6, 6.07) is 2.21. The summed E-state index contributed by atoms with van der Waals surface area (Å²) in [7, 11) is 1.27. The maximum atomic E-state index is 11.9. The Kier molecular flexibility index (Phi) is 5.86. The number of nitrogens with zero attached hydrogens (tertiary/aromatic N) is 3. The van der Waals surface area contributed by atoms with Crippen molar-refractivity contribution in [2.45, 2.75) is 13.3 Å². The summed E-state index contributed by atoms with van der Waals surface area (Å²) >= 11 is 0. The van der Waals surface area contributed by atoms with E-state index in [1.807, 2.05) is 0 Å². The van der Waals surface area contributed by atoms with Gasteiger partial charge in [0.25, 0.3) is 11.2 Å². The number of rotatable bonds is 7. The van der Waals surface area contributed by atoms with Gasteiger partial charge in [-0.25, -0.2) is 10.4 Å². The number of aliphatic hydroxyl groups excluding tert-OH is 1. The topological polar surface area (TPSA) is 163 Å². The molecule has 1 aromatic heterocycles. The van der Waals surface area contributed by atoms with Gasteiger partial charge in [0, 0.05) is 30.2 Å². The van der Waals surface area contributed by atoms with E-state index in [0.29, 0.717) is 11.3 Å². The largest absolute Gasteiger partial charge is 0.504 e. The zero-order chi connectivity index (χ0) is 19.3. The Morgan fingerprint density at radius 1 is 1.50 bits per heavy atom. The minimum Gasteiger partial charge on any atom is -0.504 e. The lowest BCUT2D eigenvalue weighted by atomic mass is 10.2. The number of nitro benzene ring substituents is 1. The van der Waals surface area contributed by atoms with Crippen molar-refractivity contribution in [1.82, 2.24) is 9.97 Å². The van der Waals surface area contributed by atoms with Crippen LogP contribution in [-0.4, -0.2) is 45.0 Å². The minimum absolute atomic E-state index is 0.0412. The van der Waals surface area contributed by atoms with Gasteiger partial charge in [0.05, 0.1) is 30.0 Å². The highest BCUT2D eigenvalue weighted by Crippen LogP contribution is 2.33. The van der Waals surface area contributed by atoms with Crippen molar-refractivity contribution in [2.75, 3.05) is 19.1 Å². The SMILES string of the molecule is COc1cc([N+](=O)[O-])cc(/C=N\Nc2nc(C)c(CCO)c(=O)[nH]2)c1O. The van der Waals surface area contributed by atoms with Gasteiger partial charge in [0.15, 0.2) is 11.5 Å². The number of aromatic nitrogens is 2. The number of non-ortho nitro benzene ring substituents is 1. The van der Waals surface area contributed by atoms with E-state index in [4.69, 9.17) is 9.84 Å². The first kappa shape index (κ1) is 18.9. The fourth-order valence-corrected chi connectivity index (χ4v) is 2.21. The normalized spacial score (nSPS) is 10.9. The molecule has 138 valence electrons. The van der Waals surface area contributed by atoms with Crippen LogP contribution in [0.3, 0.4) is 0 Å². The van der Waals surface area contributed by atoms with E-state index in [9.17, 15) is 20.0 Å². The highest BCUT2D eigenvalue weighted by atomic mass is 16.6. The average molecular weight is 363 g/mol. The van der Waals surface area contributed by atoms with Gasteiger partial charge in [-0.15, -0.1) is 0 Å². The smallest absolute Gasteiger partial charge is 0.274 e. The van der Waals surface area contributed by atoms with Crippen LogP contribution in [0.1, 0.15) is 16.8 Å². The van der Waals surface area contributed by atoms with Crippen molar-refractivity contribution < 1.29 is 19.9 Å². The summed E-state index contributed by atoms with van der Waals surface area (Å²) in [6.07, 6.45) is 1.31. The van der Waals surface area contributed by atoms with Gasteiger partial charge in [-0.1, -0.05) is 0 Å². The molecule has 0 aliphatic carbocycles. The number of hydrogen-bond acceptors (Lipinski definition) is 9. The van der Waals surface area contributed by atoms with Crippen molar-refractivity contribution in [3.63, 3.8) is 0 Å². The van der Waals surface area contributed by atoms with Crippen molar-refractivity contribution in [3.05, 3.63) is 49.4 Å². The number of methoxy groups -OCH3 is 1. The lowest BCUT2D eigenvalue weighted by Gasteiger charge is -2.07. The predicted molar refractivity (Wildman–Crippen MR) is 92.9 cm³/mol. The third-order valence-corrected chi connectivity index (χ3v) is 3.48. The second kappa shape index (κ2) is 8.07. The number of phenols is 1. The molecule has 0 saturated heterocycles. The summed E-state index contributed by atoms with van der Waals surface area (Å²) in [6.45, 7) is 1.44. The molecule has 11 nitrogen and oxygen atoms in total. The molecule has 2 rings (SSSR count). The van der Waals surface area contributed by atoms with E-state index in [0.717, 1.165) is 18.3 Å². The monoisotopic (exact) mass is 363 g/mol. The van der Waals surface area contributed by atoms with Crippen molar-refractivity contribution >= 4 is 17.9 Å². The summed E-state index contributed by atoms with van der Waals surface area (Å²) in [5.41, 5.74) is 2.62. The molecule has 0 fully saturated rings. The molecular weight excluding hydrogens is 346 g/mol. The lowest BCUT2D eigenvalue weighted by Crippen LogP contribution is -2.19. The van der Waals surface area contributed by atoms with Crippen LogP contribution in [0.25, 0.3) is 0 Å². The lowest BCUT2D eigenvalue weighted by molar-refractivity contribution is -0.385. The molecule has 26 heavy (non-hydrogen) atoms. The molecule has 11 heteroatoms. The Morgan fingerprint density at radius 2 is 2.23 bits per heavy atom. The van der Waals surface area contributed by atoms with Crippen LogP contribution in [0.5, 0.6) is 11.5 Å². The van der Waals surface area contributed by atoms with Gasteiger partial charge in [-0.05, 0) is 6.92 Å². The maximum Gasteiger partial charge on any atom is 0.274 e. The molecule has 1 aromatic carbocycles. The van der Waals surface area contributed by atoms with Gasteiger partial charge in [-0.3, -0.25) is 19.9 Å². The molecule has 0 bridgehead atoms. The fourth-order valence-electron chi connectivity index (χ4n) is 2.21. The van der Waals surface area contributed by atoms with E-state index in [-0.39, 0.29) is 41.7 Å². The maximum absolute atomic E-state index is 11.9. The average Bonchev–Trinajstić information content (AvgIpc) is 2.59. The van der Waals surface area contributed by atoms with Crippen LogP contribution in [0.15, 0.2) is 22.0 Å². The molecule has 2 aromatic rings. The van der Waals surface area contributed by atoms with E-state index in [2.05, 4.69) is 20.5 Å². The third-order valence-electron chi connectivity index (χ3n) is 3.48. The Hall–Kier alpha value is -3.47. The number of aliphatic hydroxyl groups is 1. The Labute approximate surface area is 147 Å². The highest BCUT2D eigenvalue weighted by Gasteiger charge is 2.15. The molecule has 4 N–H and O–H groups in total. The predicted octanol–water partition coefficient (Wildman–Crippen LogP) is 0.682. The Balaban J connectivity index is 2.27. The van der Waals surface area contributed by atoms with Gasteiger partial charge < -0.3 is 14.9 Å². The van der Waals surface area contributed by atoms with Crippen LogP contribution >= 0.6 is 0 Å². The first-order valence-corrected chi connectivity index (χ1v) is 7.42. The number of H-pyrrole nitrogens is 1. The fraction of sp³-hybridized carbons (Fsp3) is 0.267. The number of nitrogens with one attached hydrogen (secondary N) is 2. The molecule has 0 amide bonds. The standard InChI is InChI=1S/C15H17N5O6/c1-8-11(3-4-21)14(23)18-15(17-8)19-16-7-9-5-10(20(24)25)6-12(26-2)13(9)22/h5-7,21-22H,3-4H2,1-2H3,(H2,17,18,19,23)/b16-7-. The van der Waals surface area contributed by atoms with Crippen LogP contribution in [0.2, 0.25) is 0 Å². The molecular formula is C15H17N5O6. The second-order valence-corrected chi connectivity index (χ2v) is 5.17. The van der Waals surface area contributed by atoms with E-state index < -0.39 is 10.5 Å². The third kappa shape index (κ3) is 4.13. The van der Waals surface area contributed by atoms with E-state index in [1.54, 1.807) is 6.92 Å². The van der Waals surface area contributed by atoms with E-state index in [1.165, 1.54) is 7.11 Å². The zero-order valence-electron chi connectivity index (χ0n) is 14.0. The summed E-state index contributed by atoms with van der Waals surface area (Å²) in [5, 5.41) is 33.7. The van der Waals surface area contributed by atoms with Gasteiger partial charge in [0.2, 0.25) is 5.95 Å². The van der Waals surface area contributed by atoms with Crippen LogP contribution in [0, 0.1) is 17.0 Å². The molecule has 0 aliphatic rings. The Bertz CT molecular complexity index is 908. The Morgan fingerprint density at radius 3 is 2.81 bits per heavy atom. The first-order valence-electron chi connectivity index (χ1n) is 7.42. The number of aromatic amines is 1. The van der Waals surface area contributed by atoms with Crippen LogP contribution in [-0.2, 0) is 6.42 Å². The zero-order valence-corrected chi connectivity index (χ0v) is 14.0. The number of nitro groups is 1. The quantitative estimate of drug-likeness (QED) is 0.317. The van der Waals surface area contributed by atoms with Crippen LogP contribution < -0.4 is 15.7 Å². The summed E-state index contributed by atoms with van der Waals surface area (Å²) in [4.78, 5) is 28.8. The molecule has 0 spiro atoms. The number of benzene rings is 1. The number of aryl methyl sites for hydroxylation is 1. The molecule has 0 saturated carbocycles. The van der Waals surface area contributed by atoms with E-state index >= 15 is 0 Å². The molecule has 0 atom stereocenters. The van der Waals surface area contributed by atoms with Crippen molar-refractivity contribution in [3.8, 4) is 11.5 Å². The number of anilines is 1. The highest BCUT2D eigenvalue weighted by molar-refractivity contribution is 5.86. The first-order chi connectivity index (χ1) is 12.4. The summed E-state index contributed by atoms with van der Waals surface area (Å²) < 4.78 is 4.89. The van der Waals surface area contributed by atoms with Crippen LogP contribution in [0.4, 0.5) is 11.6 Å². The number of phenolic OH excluding ortho intramolecular Hbond substituents is 1. The molecule has 0 aliphatic heterocycles. The number of hydrogen-bond donors (Lipinski definition) is 4. The van der Waals surface area contributed by atoms with Gasteiger partial charge >= 0.3 is 0 Å². The number of aromatic hydroxyl groups is 1. The number of ether oxygens (including phenoxy) is 1. The summed E-state index contributed by atoms with van der Waals surface area (Å²) in [5.74, 6) is -0.349. The molecule has 1 heterocycles.